The van der Waals surface area contributed by atoms with E-state index in [9.17, 15) is 4.79 Å². The number of carbonyl (C=O) groups excluding carboxylic acids is 1. The van der Waals surface area contributed by atoms with Crippen molar-refractivity contribution < 1.29 is 4.79 Å². The molecule has 1 unspecified atom stereocenters. The monoisotopic (exact) mass is 205 g/mol. The quantitative estimate of drug-likeness (QED) is 0.682. The first kappa shape index (κ1) is 9.57. The zero-order valence-corrected chi connectivity index (χ0v) is 8.53. The molecule has 0 aliphatic rings. The Kier molecular flexibility index (Phi) is 2.32. The molecule has 0 fully saturated rings. The van der Waals surface area contributed by atoms with Crippen molar-refractivity contribution in [2.45, 2.75) is 13.0 Å². The Morgan fingerprint density at radius 3 is 2.87 bits per heavy atom. The van der Waals surface area contributed by atoms with Gasteiger partial charge >= 0.3 is 0 Å². The summed E-state index contributed by atoms with van der Waals surface area (Å²) in [6.45, 7) is 1.94. The van der Waals surface area contributed by atoms with Gasteiger partial charge in [-0.25, -0.2) is 4.98 Å². The minimum atomic E-state index is -0.0554. The predicted molar refractivity (Wildman–Crippen MR) is 52.4 cm³/mol. The van der Waals surface area contributed by atoms with Crippen molar-refractivity contribution in [3.05, 3.63) is 30.4 Å². The first-order valence-electron chi connectivity index (χ1n) is 4.55. The van der Waals surface area contributed by atoms with E-state index in [2.05, 4.69) is 15.2 Å². The van der Waals surface area contributed by atoms with E-state index in [0.717, 1.165) is 12.1 Å². The van der Waals surface area contributed by atoms with Gasteiger partial charge in [0.1, 0.15) is 12.0 Å². The molecule has 0 aliphatic heterocycles. The largest absolute Gasteiger partial charge is 0.319 e. The Morgan fingerprint density at radius 2 is 2.27 bits per heavy atom. The Labute approximate surface area is 86.6 Å². The second-order valence-electron chi connectivity index (χ2n) is 3.32. The van der Waals surface area contributed by atoms with Crippen LogP contribution in [0, 0.1) is 0 Å². The molecule has 2 aromatic rings. The van der Waals surface area contributed by atoms with Crippen molar-refractivity contribution in [3.8, 4) is 0 Å². The van der Waals surface area contributed by atoms with E-state index in [4.69, 9.17) is 0 Å². The number of aldehydes is 1. The average Bonchev–Trinajstić information content (AvgIpc) is 2.84. The highest BCUT2D eigenvalue weighted by Crippen LogP contribution is 2.15. The van der Waals surface area contributed by atoms with Crippen LogP contribution < -0.4 is 0 Å². The maximum atomic E-state index is 10.7. The van der Waals surface area contributed by atoms with Crippen molar-refractivity contribution in [2.24, 2.45) is 7.05 Å². The van der Waals surface area contributed by atoms with Gasteiger partial charge < -0.3 is 9.13 Å². The highest BCUT2D eigenvalue weighted by Gasteiger charge is 2.15. The van der Waals surface area contributed by atoms with Gasteiger partial charge in [0.25, 0.3) is 0 Å². The molecule has 0 saturated carbocycles. The summed E-state index contributed by atoms with van der Waals surface area (Å²) in [7, 11) is 1.86. The van der Waals surface area contributed by atoms with Crippen molar-refractivity contribution in [1.82, 2.24) is 24.3 Å². The lowest BCUT2D eigenvalue weighted by molar-refractivity contribution is 0.111. The molecule has 6 heteroatoms. The number of nitrogens with zero attached hydrogens (tertiary/aromatic N) is 5. The van der Waals surface area contributed by atoms with Crippen molar-refractivity contribution in [1.29, 1.82) is 0 Å². The van der Waals surface area contributed by atoms with Gasteiger partial charge in [0.15, 0.2) is 12.1 Å². The Morgan fingerprint density at radius 1 is 1.47 bits per heavy atom. The summed E-state index contributed by atoms with van der Waals surface area (Å²) in [6.07, 6.45) is 5.55. The molecule has 0 spiro atoms. The van der Waals surface area contributed by atoms with Crippen LogP contribution in [-0.2, 0) is 7.05 Å². The van der Waals surface area contributed by atoms with E-state index < -0.39 is 0 Å². The van der Waals surface area contributed by atoms with Crippen molar-refractivity contribution in [2.75, 3.05) is 0 Å². The second kappa shape index (κ2) is 3.64. The van der Waals surface area contributed by atoms with Gasteiger partial charge in [-0.3, -0.25) is 4.79 Å². The number of carbonyl (C=O) groups is 1. The lowest BCUT2D eigenvalue weighted by atomic mass is 10.3. The van der Waals surface area contributed by atoms with Gasteiger partial charge in [-0.1, -0.05) is 0 Å². The van der Waals surface area contributed by atoms with E-state index >= 15 is 0 Å². The summed E-state index contributed by atoms with van der Waals surface area (Å²) in [5.41, 5.74) is 0.533. The fourth-order valence-corrected chi connectivity index (χ4v) is 1.52. The topological polar surface area (TPSA) is 65.6 Å². The zero-order valence-electron chi connectivity index (χ0n) is 8.53. The van der Waals surface area contributed by atoms with Crippen molar-refractivity contribution in [3.63, 3.8) is 0 Å². The molecule has 0 aromatic carbocycles. The van der Waals surface area contributed by atoms with Gasteiger partial charge in [-0.15, -0.1) is 10.2 Å². The van der Waals surface area contributed by atoms with Crippen LogP contribution in [0.2, 0.25) is 0 Å². The fraction of sp³-hybridized carbons (Fsp3) is 0.333. The smallest absolute Gasteiger partial charge is 0.168 e. The normalized spacial score (nSPS) is 12.7. The maximum absolute atomic E-state index is 10.7. The van der Waals surface area contributed by atoms with E-state index in [0.29, 0.717) is 5.69 Å². The number of hydrogen-bond acceptors (Lipinski definition) is 4. The minimum Gasteiger partial charge on any atom is -0.319 e. The molecular formula is C9H11N5O. The Balaban J connectivity index is 2.40. The summed E-state index contributed by atoms with van der Waals surface area (Å²) in [5.74, 6) is 0.788. The summed E-state index contributed by atoms with van der Waals surface area (Å²) >= 11 is 0. The second-order valence-corrected chi connectivity index (χ2v) is 3.32. The number of rotatable bonds is 3. The molecule has 2 aromatic heterocycles. The van der Waals surface area contributed by atoms with Crippen LogP contribution in [0.15, 0.2) is 18.9 Å². The van der Waals surface area contributed by atoms with Crippen molar-refractivity contribution >= 4 is 6.29 Å². The number of imidazole rings is 1. The summed E-state index contributed by atoms with van der Waals surface area (Å²) < 4.78 is 3.58. The van der Waals surface area contributed by atoms with Gasteiger partial charge in [0.05, 0.1) is 18.6 Å². The van der Waals surface area contributed by atoms with Crippen LogP contribution in [0.4, 0.5) is 0 Å². The highest BCUT2D eigenvalue weighted by molar-refractivity contribution is 5.71. The molecule has 1 atom stereocenters. The van der Waals surface area contributed by atoms with Crippen LogP contribution in [0.5, 0.6) is 0 Å². The number of aryl methyl sites for hydroxylation is 1. The molecule has 2 rings (SSSR count). The van der Waals surface area contributed by atoms with Crippen LogP contribution in [0.1, 0.15) is 29.3 Å². The summed E-state index contributed by atoms with van der Waals surface area (Å²) in [4.78, 5) is 14.7. The predicted octanol–water partition coefficient (Wildman–Crippen LogP) is 0.433. The SMILES string of the molecule is CC(c1nncn1C)n1cncc1C=O. The molecule has 2 heterocycles. The minimum absolute atomic E-state index is 0.0554. The van der Waals surface area contributed by atoms with Crippen LogP contribution in [0.25, 0.3) is 0 Å². The van der Waals surface area contributed by atoms with E-state index in [1.807, 2.05) is 18.5 Å². The molecule has 78 valence electrons. The zero-order chi connectivity index (χ0) is 10.8. The van der Waals surface area contributed by atoms with Crippen LogP contribution in [-0.4, -0.2) is 30.6 Å². The molecular weight excluding hydrogens is 194 g/mol. The van der Waals surface area contributed by atoms with Gasteiger partial charge in [0, 0.05) is 7.05 Å². The van der Waals surface area contributed by atoms with Crippen LogP contribution >= 0.6 is 0 Å². The third-order valence-corrected chi connectivity index (χ3v) is 2.35. The Hall–Kier alpha value is -1.98. The molecule has 0 radical (unpaired) electrons. The van der Waals surface area contributed by atoms with Gasteiger partial charge in [-0.2, -0.15) is 0 Å². The molecule has 15 heavy (non-hydrogen) atoms. The fourth-order valence-electron chi connectivity index (χ4n) is 1.52. The number of aromatic nitrogens is 5. The standard InChI is InChI=1S/C9H11N5O/c1-7(9-12-11-6-13(9)2)14-5-10-3-8(14)4-15/h3-7H,1-2H3. The third-order valence-electron chi connectivity index (χ3n) is 2.35. The molecule has 0 bridgehead atoms. The van der Waals surface area contributed by atoms with E-state index in [1.165, 1.54) is 6.20 Å². The highest BCUT2D eigenvalue weighted by atomic mass is 16.1. The average molecular weight is 205 g/mol. The molecule has 0 amide bonds. The van der Waals surface area contributed by atoms with Crippen LogP contribution in [0.3, 0.4) is 0 Å². The van der Waals surface area contributed by atoms with E-state index in [-0.39, 0.29) is 6.04 Å². The molecule has 6 nitrogen and oxygen atoms in total. The lowest BCUT2D eigenvalue weighted by Gasteiger charge is -2.13. The first-order valence-corrected chi connectivity index (χ1v) is 4.55. The third kappa shape index (κ3) is 1.54. The molecule has 0 aliphatic carbocycles. The van der Waals surface area contributed by atoms with Gasteiger partial charge in [-0.05, 0) is 6.92 Å². The molecule has 0 N–H and O–H groups in total. The summed E-state index contributed by atoms with van der Waals surface area (Å²) in [5, 5.41) is 7.79. The maximum Gasteiger partial charge on any atom is 0.168 e. The first-order chi connectivity index (χ1) is 7.24. The number of hydrogen-bond donors (Lipinski definition) is 0. The van der Waals surface area contributed by atoms with Gasteiger partial charge in [0.2, 0.25) is 0 Å². The lowest BCUT2D eigenvalue weighted by Crippen LogP contribution is -2.13. The Bertz CT molecular complexity index is 472. The van der Waals surface area contributed by atoms with E-state index in [1.54, 1.807) is 17.2 Å². The summed E-state index contributed by atoms with van der Waals surface area (Å²) in [6, 6.07) is -0.0554. The molecule has 0 saturated heterocycles.